The van der Waals surface area contributed by atoms with Gasteiger partial charge in [-0.05, 0) is 74.4 Å². The normalized spacial score (nSPS) is 12.4. The minimum absolute atomic E-state index is 0. The van der Waals surface area contributed by atoms with Gasteiger partial charge in [-0.25, -0.2) is 8.42 Å². The SMILES string of the molecule is Cc1cc(NC(C)CCC#N)ccc1N=Nc1ccc(N=Nc2cccc(S(=O)(=O)[O-])c2)c2ccccc12.[Na+]. The molecule has 4 aromatic rings. The Morgan fingerprint density at radius 2 is 1.49 bits per heavy atom. The fourth-order valence-electron chi connectivity index (χ4n) is 3.86. The van der Waals surface area contributed by atoms with Crippen LogP contribution in [-0.2, 0) is 10.1 Å². The molecule has 0 aliphatic heterocycles. The maximum atomic E-state index is 11.3. The van der Waals surface area contributed by atoms with E-state index in [4.69, 9.17) is 5.26 Å². The van der Waals surface area contributed by atoms with E-state index < -0.39 is 10.1 Å². The third kappa shape index (κ3) is 8.02. The third-order valence-corrected chi connectivity index (χ3v) is 6.65. The third-order valence-electron chi connectivity index (χ3n) is 5.82. The molecular formula is C28H25N6NaO3S. The van der Waals surface area contributed by atoms with Crippen molar-refractivity contribution in [2.75, 3.05) is 5.32 Å². The molecule has 9 nitrogen and oxygen atoms in total. The van der Waals surface area contributed by atoms with Crippen LogP contribution in [0.3, 0.4) is 0 Å². The van der Waals surface area contributed by atoms with E-state index in [1.165, 1.54) is 18.2 Å². The first-order valence-corrected chi connectivity index (χ1v) is 13.3. The Kier molecular flexibility index (Phi) is 10.5. The van der Waals surface area contributed by atoms with Gasteiger partial charge in [-0.15, -0.1) is 10.2 Å². The molecule has 0 aliphatic rings. The van der Waals surface area contributed by atoms with Crippen LogP contribution in [0.5, 0.6) is 0 Å². The van der Waals surface area contributed by atoms with Crippen LogP contribution in [0.25, 0.3) is 10.8 Å². The second-order valence-electron chi connectivity index (χ2n) is 8.74. The van der Waals surface area contributed by atoms with Gasteiger partial charge in [-0.1, -0.05) is 30.3 Å². The van der Waals surface area contributed by atoms with Gasteiger partial charge in [0.2, 0.25) is 0 Å². The van der Waals surface area contributed by atoms with Crippen LogP contribution in [0.1, 0.15) is 25.3 Å². The standard InChI is InChI=1S/C28H26N6O3S.Na/c1-19-17-21(30-20(2)7-6-16-29)12-13-26(19)32-34-28-15-14-27(24-10-3-4-11-25(24)28)33-31-22-8-5-9-23(18-22)38(35,36)37;/h3-5,8-15,17-18,20,30H,6-7H2,1-2H3,(H,35,36,37);/q;+1/p-1. The second kappa shape index (κ2) is 13.6. The van der Waals surface area contributed by atoms with E-state index in [-0.39, 0.29) is 46.2 Å². The molecule has 1 N–H and O–H groups in total. The van der Waals surface area contributed by atoms with Crippen molar-refractivity contribution < 1.29 is 42.5 Å². The molecule has 11 heteroatoms. The largest absolute Gasteiger partial charge is 1.00 e. The van der Waals surface area contributed by atoms with Crippen molar-refractivity contribution in [2.24, 2.45) is 20.5 Å². The van der Waals surface area contributed by atoms with E-state index in [0.717, 1.165) is 34.1 Å². The molecule has 1 atom stereocenters. The van der Waals surface area contributed by atoms with E-state index in [1.54, 1.807) is 18.2 Å². The first kappa shape index (κ1) is 30.1. The van der Waals surface area contributed by atoms with Crippen LogP contribution in [0, 0.1) is 18.3 Å². The van der Waals surface area contributed by atoms with E-state index in [2.05, 4.69) is 31.8 Å². The number of nitrogens with zero attached hydrogens (tertiary/aromatic N) is 5. The predicted molar refractivity (Wildman–Crippen MR) is 146 cm³/mol. The van der Waals surface area contributed by atoms with Crippen LogP contribution in [0.2, 0.25) is 0 Å². The van der Waals surface area contributed by atoms with Gasteiger partial charge in [-0.2, -0.15) is 15.5 Å². The minimum Gasteiger partial charge on any atom is -0.744 e. The molecule has 192 valence electrons. The van der Waals surface area contributed by atoms with Crippen LogP contribution in [-0.4, -0.2) is 19.0 Å². The number of nitriles is 1. The van der Waals surface area contributed by atoms with Crippen LogP contribution < -0.4 is 34.9 Å². The Balaban J connectivity index is 0.00000420. The Hall–Kier alpha value is -3.46. The number of hydrogen-bond donors (Lipinski definition) is 1. The van der Waals surface area contributed by atoms with Crippen molar-refractivity contribution in [1.29, 1.82) is 5.26 Å². The number of aryl methyl sites for hydroxylation is 1. The van der Waals surface area contributed by atoms with Crippen LogP contribution in [0.4, 0.5) is 28.4 Å². The first-order valence-electron chi connectivity index (χ1n) is 11.9. The minimum atomic E-state index is -4.58. The Bertz CT molecular complexity index is 1680. The summed E-state index contributed by atoms with van der Waals surface area (Å²) in [5, 5.41) is 31.1. The Morgan fingerprint density at radius 3 is 2.10 bits per heavy atom. The molecule has 39 heavy (non-hydrogen) atoms. The smallest absolute Gasteiger partial charge is 0.744 e. The van der Waals surface area contributed by atoms with Gasteiger partial charge in [-0.3, -0.25) is 0 Å². The Morgan fingerprint density at radius 1 is 0.872 bits per heavy atom. The molecule has 0 radical (unpaired) electrons. The molecule has 4 rings (SSSR count). The summed E-state index contributed by atoms with van der Waals surface area (Å²) < 4.78 is 33.9. The van der Waals surface area contributed by atoms with Crippen LogP contribution >= 0.6 is 0 Å². The summed E-state index contributed by atoms with van der Waals surface area (Å²) in [5.74, 6) is 0. The average Bonchev–Trinajstić information content (AvgIpc) is 2.90. The summed E-state index contributed by atoms with van der Waals surface area (Å²) in [4.78, 5) is -0.359. The number of fused-ring (bicyclic) bond motifs is 1. The molecular weight excluding hydrogens is 523 g/mol. The molecule has 0 amide bonds. The van der Waals surface area contributed by atoms with Gasteiger partial charge in [0.05, 0.1) is 33.7 Å². The number of benzene rings is 4. The maximum Gasteiger partial charge on any atom is 1.00 e. The van der Waals surface area contributed by atoms with Gasteiger partial charge >= 0.3 is 29.6 Å². The zero-order valence-corrected chi connectivity index (χ0v) is 24.7. The molecule has 0 aromatic heterocycles. The molecule has 1 unspecified atom stereocenters. The average molecular weight is 549 g/mol. The first-order chi connectivity index (χ1) is 18.2. The van der Waals surface area contributed by atoms with E-state index in [0.29, 0.717) is 17.8 Å². The van der Waals surface area contributed by atoms with Crippen molar-refractivity contribution in [3.63, 3.8) is 0 Å². The number of anilines is 1. The zero-order chi connectivity index (χ0) is 27.1. The van der Waals surface area contributed by atoms with Crippen molar-refractivity contribution in [3.05, 3.63) is 84.4 Å². The van der Waals surface area contributed by atoms with E-state index >= 15 is 0 Å². The molecule has 0 saturated heterocycles. The van der Waals surface area contributed by atoms with E-state index in [9.17, 15) is 13.0 Å². The molecule has 4 aromatic carbocycles. The fourth-order valence-corrected chi connectivity index (χ4v) is 4.37. The van der Waals surface area contributed by atoms with Crippen LogP contribution in [0.15, 0.2) is 104 Å². The summed E-state index contributed by atoms with van der Waals surface area (Å²) in [6, 6.07) is 24.8. The zero-order valence-electron chi connectivity index (χ0n) is 21.9. The monoisotopic (exact) mass is 548 g/mol. The summed E-state index contributed by atoms with van der Waals surface area (Å²) in [7, 11) is -4.58. The van der Waals surface area contributed by atoms with Gasteiger partial charge < -0.3 is 9.87 Å². The van der Waals surface area contributed by atoms with Crippen molar-refractivity contribution in [3.8, 4) is 6.07 Å². The Labute approximate surface area is 249 Å². The topological polar surface area (TPSA) is 142 Å². The summed E-state index contributed by atoms with van der Waals surface area (Å²) in [6.07, 6.45) is 1.28. The van der Waals surface area contributed by atoms with Crippen molar-refractivity contribution in [2.45, 2.75) is 37.6 Å². The molecule has 0 bridgehead atoms. The van der Waals surface area contributed by atoms with Crippen molar-refractivity contribution in [1.82, 2.24) is 0 Å². The number of rotatable bonds is 9. The molecule has 0 heterocycles. The quantitative estimate of drug-likeness (QED) is 0.178. The number of nitrogens with one attached hydrogen (secondary N) is 1. The summed E-state index contributed by atoms with van der Waals surface area (Å²) in [6.45, 7) is 4.01. The van der Waals surface area contributed by atoms with Crippen molar-refractivity contribution >= 4 is 49.3 Å². The maximum absolute atomic E-state index is 11.3. The molecule has 0 saturated carbocycles. The second-order valence-corrected chi connectivity index (χ2v) is 10.1. The predicted octanol–water partition coefficient (Wildman–Crippen LogP) is 4.99. The van der Waals surface area contributed by atoms with Gasteiger partial charge in [0.15, 0.2) is 0 Å². The molecule has 0 fully saturated rings. The number of hydrogen-bond acceptors (Lipinski definition) is 9. The van der Waals surface area contributed by atoms with Gasteiger partial charge in [0.25, 0.3) is 0 Å². The molecule has 0 aliphatic carbocycles. The number of azo groups is 2. The van der Waals surface area contributed by atoms with Gasteiger partial charge in [0, 0.05) is 28.9 Å². The summed E-state index contributed by atoms with van der Waals surface area (Å²) in [5.41, 5.74) is 4.13. The summed E-state index contributed by atoms with van der Waals surface area (Å²) >= 11 is 0. The van der Waals surface area contributed by atoms with E-state index in [1.807, 2.05) is 56.3 Å². The molecule has 0 spiro atoms. The van der Waals surface area contributed by atoms with Gasteiger partial charge in [0.1, 0.15) is 10.1 Å². The fraction of sp³-hybridized carbons (Fsp3) is 0.179.